The molecule has 0 saturated carbocycles. The third kappa shape index (κ3) is 1.78. The lowest BCUT2D eigenvalue weighted by Crippen LogP contribution is -2.04. The second-order valence-corrected chi connectivity index (χ2v) is 1.68. The average molecular weight is 113 g/mol. The molecule has 2 nitrogen and oxygen atoms in total. The molecule has 0 aliphatic rings. The predicted octanol–water partition coefficient (Wildman–Crippen LogP) is 0.699. The molecule has 0 fully saturated rings. The molecule has 8 heavy (non-hydrogen) atoms. The largest absolute Gasteiger partial charge is 0.391 e. The minimum Gasteiger partial charge on any atom is -0.391 e. The van der Waals surface area contributed by atoms with Crippen LogP contribution in [0.15, 0.2) is 11.3 Å². The SMILES string of the molecule is CN/C(C)=C(\C)C=O. The van der Waals surface area contributed by atoms with Gasteiger partial charge in [0.1, 0.15) is 6.29 Å². The molecule has 0 aliphatic heterocycles. The van der Waals surface area contributed by atoms with E-state index >= 15 is 0 Å². The van der Waals surface area contributed by atoms with Crippen LogP contribution in [0.2, 0.25) is 0 Å². The van der Waals surface area contributed by atoms with Crippen LogP contribution in [-0.4, -0.2) is 13.3 Å². The monoisotopic (exact) mass is 113 g/mol. The average Bonchev–Trinajstić information content (AvgIpc) is 1.84. The van der Waals surface area contributed by atoms with E-state index in [4.69, 9.17) is 0 Å². The number of allylic oxidation sites excluding steroid dienone is 2. The maximum absolute atomic E-state index is 10.0. The Morgan fingerprint density at radius 2 is 2.00 bits per heavy atom. The van der Waals surface area contributed by atoms with Crippen LogP contribution in [0.4, 0.5) is 0 Å². The Bertz CT molecular complexity index is 116. The Morgan fingerprint density at radius 3 is 2.12 bits per heavy atom. The Labute approximate surface area is 49.6 Å². The van der Waals surface area contributed by atoms with Gasteiger partial charge in [-0.25, -0.2) is 0 Å². The van der Waals surface area contributed by atoms with Crippen LogP contribution in [0.25, 0.3) is 0 Å². The van der Waals surface area contributed by atoms with Gasteiger partial charge in [-0.05, 0) is 13.8 Å². The fraction of sp³-hybridized carbons (Fsp3) is 0.500. The molecule has 0 radical (unpaired) electrons. The highest BCUT2D eigenvalue weighted by Gasteiger charge is 1.87. The first-order valence-electron chi connectivity index (χ1n) is 2.52. The summed E-state index contributed by atoms with van der Waals surface area (Å²) in [6.45, 7) is 3.64. The predicted molar refractivity (Wildman–Crippen MR) is 33.5 cm³/mol. The first kappa shape index (κ1) is 7.21. The summed E-state index contributed by atoms with van der Waals surface area (Å²) in [5, 5.41) is 2.86. The van der Waals surface area contributed by atoms with Crippen LogP contribution in [0, 0.1) is 0 Å². The molecule has 0 amide bonds. The van der Waals surface area contributed by atoms with Crippen LogP contribution >= 0.6 is 0 Å². The van der Waals surface area contributed by atoms with E-state index in [0.29, 0.717) is 0 Å². The second kappa shape index (κ2) is 3.24. The summed E-state index contributed by atoms with van der Waals surface area (Å²) in [6, 6.07) is 0. The van der Waals surface area contributed by atoms with E-state index in [2.05, 4.69) is 5.32 Å². The Hall–Kier alpha value is -0.790. The maximum Gasteiger partial charge on any atom is 0.147 e. The lowest BCUT2D eigenvalue weighted by molar-refractivity contribution is -0.104. The summed E-state index contributed by atoms with van der Waals surface area (Å²) < 4.78 is 0. The van der Waals surface area contributed by atoms with Gasteiger partial charge in [0, 0.05) is 18.3 Å². The quantitative estimate of drug-likeness (QED) is 0.422. The molecular formula is C6H11NO. The van der Waals surface area contributed by atoms with Gasteiger partial charge in [0.2, 0.25) is 0 Å². The zero-order chi connectivity index (χ0) is 6.57. The van der Waals surface area contributed by atoms with E-state index < -0.39 is 0 Å². The van der Waals surface area contributed by atoms with Gasteiger partial charge in [-0.3, -0.25) is 4.79 Å². The molecule has 1 N–H and O–H groups in total. The highest BCUT2D eigenvalue weighted by molar-refractivity contribution is 5.73. The number of hydrogen-bond acceptors (Lipinski definition) is 2. The maximum atomic E-state index is 10.0. The third-order valence-electron chi connectivity index (χ3n) is 1.14. The van der Waals surface area contributed by atoms with Crippen molar-refractivity contribution in [1.82, 2.24) is 5.32 Å². The van der Waals surface area contributed by atoms with Gasteiger partial charge in [0.25, 0.3) is 0 Å². The number of rotatable bonds is 2. The lowest BCUT2D eigenvalue weighted by Gasteiger charge is -1.97. The zero-order valence-corrected chi connectivity index (χ0v) is 5.49. The molecule has 0 heterocycles. The van der Waals surface area contributed by atoms with Crippen LogP contribution in [-0.2, 0) is 4.79 Å². The van der Waals surface area contributed by atoms with E-state index in [1.165, 1.54) is 0 Å². The van der Waals surface area contributed by atoms with E-state index in [0.717, 1.165) is 17.6 Å². The number of aldehydes is 1. The summed E-state index contributed by atoms with van der Waals surface area (Å²) in [5.74, 6) is 0. The van der Waals surface area contributed by atoms with Crippen LogP contribution in [0.1, 0.15) is 13.8 Å². The molecule has 0 spiro atoms. The molecule has 0 aromatic heterocycles. The van der Waals surface area contributed by atoms with Gasteiger partial charge in [0.05, 0.1) is 0 Å². The van der Waals surface area contributed by atoms with Crippen molar-refractivity contribution < 1.29 is 4.79 Å². The van der Waals surface area contributed by atoms with Gasteiger partial charge >= 0.3 is 0 Å². The van der Waals surface area contributed by atoms with Gasteiger partial charge in [0.15, 0.2) is 0 Å². The molecule has 0 aromatic rings. The van der Waals surface area contributed by atoms with Crippen molar-refractivity contribution in [2.75, 3.05) is 7.05 Å². The summed E-state index contributed by atoms with van der Waals surface area (Å²) in [4.78, 5) is 10.0. The molecule has 0 aromatic carbocycles. The minimum absolute atomic E-state index is 0.757. The smallest absolute Gasteiger partial charge is 0.147 e. The molecule has 0 unspecified atom stereocenters. The standard InChI is InChI=1S/C6H11NO/c1-5(4-8)6(2)7-3/h4,7H,1-3H3/b6-5+. The van der Waals surface area contributed by atoms with Gasteiger partial charge in [-0.2, -0.15) is 0 Å². The van der Waals surface area contributed by atoms with Crippen molar-refractivity contribution in [3.8, 4) is 0 Å². The lowest BCUT2D eigenvalue weighted by atomic mass is 10.3. The van der Waals surface area contributed by atoms with Crippen LogP contribution in [0.5, 0.6) is 0 Å². The zero-order valence-electron chi connectivity index (χ0n) is 5.49. The fourth-order valence-corrected chi connectivity index (χ4v) is 0.286. The molecule has 0 atom stereocenters. The first-order valence-corrected chi connectivity index (χ1v) is 2.52. The van der Waals surface area contributed by atoms with Crippen molar-refractivity contribution in [3.05, 3.63) is 11.3 Å². The third-order valence-corrected chi connectivity index (χ3v) is 1.14. The van der Waals surface area contributed by atoms with Gasteiger partial charge < -0.3 is 5.32 Å². The number of nitrogens with one attached hydrogen (secondary N) is 1. The Balaban J connectivity index is 4.03. The Kier molecular flexibility index (Phi) is 2.92. The summed E-state index contributed by atoms with van der Waals surface area (Å²) in [7, 11) is 1.79. The summed E-state index contributed by atoms with van der Waals surface area (Å²) in [6.07, 6.45) is 0.839. The van der Waals surface area contributed by atoms with Crippen molar-refractivity contribution in [2.45, 2.75) is 13.8 Å². The minimum atomic E-state index is 0.757. The molecule has 0 bridgehead atoms. The van der Waals surface area contributed by atoms with Crippen molar-refractivity contribution in [2.24, 2.45) is 0 Å². The Morgan fingerprint density at radius 1 is 1.50 bits per heavy atom. The van der Waals surface area contributed by atoms with Crippen LogP contribution < -0.4 is 5.32 Å². The van der Waals surface area contributed by atoms with Gasteiger partial charge in [-0.1, -0.05) is 0 Å². The second-order valence-electron chi connectivity index (χ2n) is 1.68. The highest BCUT2D eigenvalue weighted by Crippen LogP contribution is 1.92. The van der Waals surface area contributed by atoms with Crippen molar-refractivity contribution >= 4 is 6.29 Å². The van der Waals surface area contributed by atoms with Crippen molar-refractivity contribution in [1.29, 1.82) is 0 Å². The molecule has 2 heteroatoms. The fourth-order valence-electron chi connectivity index (χ4n) is 0.286. The number of carbonyl (C=O) groups excluding carboxylic acids is 1. The van der Waals surface area contributed by atoms with E-state index in [1.807, 2.05) is 6.92 Å². The first-order chi connectivity index (χ1) is 3.72. The van der Waals surface area contributed by atoms with Crippen LogP contribution in [0.3, 0.4) is 0 Å². The molecule has 46 valence electrons. The normalized spacial score (nSPS) is 12.4. The highest BCUT2D eigenvalue weighted by atomic mass is 16.1. The van der Waals surface area contributed by atoms with E-state index in [9.17, 15) is 4.79 Å². The molecule has 0 aliphatic carbocycles. The van der Waals surface area contributed by atoms with Crippen molar-refractivity contribution in [3.63, 3.8) is 0 Å². The van der Waals surface area contributed by atoms with Gasteiger partial charge in [-0.15, -0.1) is 0 Å². The number of hydrogen-bond donors (Lipinski definition) is 1. The van der Waals surface area contributed by atoms with E-state index in [1.54, 1.807) is 14.0 Å². The topological polar surface area (TPSA) is 29.1 Å². The molecule has 0 saturated heterocycles. The van der Waals surface area contributed by atoms with E-state index in [-0.39, 0.29) is 0 Å². The number of carbonyl (C=O) groups is 1. The molecule has 0 rings (SSSR count). The molecular weight excluding hydrogens is 102 g/mol. The summed E-state index contributed by atoms with van der Waals surface area (Å²) in [5.41, 5.74) is 1.69. The summed E-state index contributed by atoms with van der Waals surface area (Å²) >= 11 is 0.